The van der Waals surface area contributed by atoms with Crippen LogP contribution in [-0.2, 0) is 17.1 Å². The van der Waals surface area contributed by atoms with Crippen molar-refractivity contribution in [1.29, 1.82) is 0 Å². The first-order valence-corrected chi connectivity index (χ1v) is 11.8. The molecular weight excluding hydrogens is 432 g/mol. The fourth-order valence-corrected chi connectivity index (χ4v) is 5.54. The molecule has 2 aromatic carbocycles. The summed E-state index contributed by atoms with van der Waals surface area (Å²) in [6, 6.07) is 12.1. The van der Waals surface area contributed by atoms with Crippen LogP contribution in [0.2, 0.25) is 0 Å². The average Bonchev–Trinajstić information content (AvgIpc) is 3.39. The SMILES string of the molecule is Cc1ccc(S(=O)(=O)N2CCCC(c3nc(-c4ccc5c(c4)oc(=O)n5C)no3)C2)cc1. The Morgan fingerprint density at radius 1 is 1.12 bits per heavy atom. The Bertz CT molecular complexity index is 1450. The lowest BCUT2D eigenvalue weighted by Crippen LogP contribution is -2.39. The lowest BCUT2D eigenvalue weighted by molar-refractivity contribution is 0.265. The van der Waals surface area contributed by atoms with Gasteiger partial charge in [0.2, 0.25) is 21.7 Å². The highest BCUT2D eigenvalue weighted by molar-refractivity contribution is 7.89. The second-order valence-corrected chi connectivity index (χ2v) is 10.0. The van der Waals surface area contributed by atoms with Gasteiger partial charge in [-0.3, -0.25) is 4.57 Å². The van der Waals surface area contributed by atoms with E-state index in [2.05, 4.69) is 10.1 Å². The van der Waals surface area contributed by atoms with Gasteiger partial charge in [0.05, 0.1) is 16.3 Å². The molecule has 1 aliphatic rings. The van der Waals surface area contributed by atoms with Crippen LogP contribution in [0, 0.1) is 6.92 Å². The van der Waals surface area contributed by atoms with E-state index in [4.69, 9.17) is 8.94 Å². The second kappa shape index (κ2) is 7.72. The van der Waals surface area contributed by atoms with Crippen molar-refractivity contribution in [2.75, 3.05) is 13.1 Å². The summed E-state index contributed by atoms with van der Waals surface area (Å²) in [5, 5.41) is 4.07. The largest absolute Gasteiger partial charge is 0.419 e. The molecule has 4 aromatic rings. The van der Waals surface area contributed by atoms with E-state index in [-0.39, 0.29) is 17.4 Å². The molecule has 166 valence electrons. The number of benzene rings is 2. The van der Waals surface area contributed by atoms with Crippen LogP contribution in [0.1, 0.15) is 30.2 Å². The monoisotopic (exact) mass is 454 g/mol. The first-order valence-electron chi connectivity index (χ1n) is 10.3. The van der Waals surface area contributed by atoms with Crippen LogP contribution in [0.5, 0.6) is 0 Å². The first kappa shape index (κ1) is 20.7. The number of aryl methyl sites for hydroxylation is 2. The Hall–Kier alpha value is -3.24. The maximum Gasteiger partial charge on any atom is 0.419 e. The molecule has 5 rings (SSSR count). The average molecular weight is 455 g/mol. The van der Waals surface area contributed by atoms with Crippen LogP contribution in [0.15, 0.2) is 61.1 Å². The zero-order valence-electron chi connectivity index (χ0n) is 17.7. The third-order valence-corrected chi connectivity index (χ3v) is 7.76. The number of rotatable bonds is 4. The zero-order chi connectivity index (χ0) is 22.5. The van der Waals surface area contributed by atoms with Gasteiger partial charge in [0.15, 0.2) is 5.58 Å². The van der Waals surface area contributed by atoms with Crippen molar-refractivity contribution in [1.82, 2.24) is 19.0 Å². The van der Waals surface area contributed by atoms with E-state index in [0.717, 1.165) is 12.0 Å². The van der Waals surface area contributed by atoms with Crippen molar-refractivity contribution in [3.05, 3.63) is 64.5 Å². The normalized spacial score (nSPS) is 17.8. The van der Waals surface area contributed by atoms with Gasteiger partial charge in [-0.1, -0.05) is 22.9 Å². The summed E-state index contributed by atoms with van der Waals surface area (Å²) in [5.74, 6) is 0.136. The smallest absolute Gasteiger partial charge is 0.408 e. The van der Waals surface area contributed by atoms with Gasteiger partial charge in [0, 0.05) is 25.7 Å². The second-order valence-electron chi connectivity index (χ2n) is 8.08. The molecule has 1 unspecified atom stereocenters. The molecule has 10 heteroatoms. The molecule has 0 saturated carbocycles. The standard InChI is InChI=1S/C22H22N4O5S/c1-14-5-8-17(9-6-14)32(28,29)26-11-3-4-16(13-26)21-23-20(24-31-21)15-7-10-18-19(12-15)30-22(27)25(18)2/h5-10,12,16H,3-4,11,13H2,1-2H3. The topological polar surface area (TPSA) is 111 Å². The Morgan fingerprint density at radius 2 is 1.91 bits per heavy atom. The number of sulfonamides is 1. The van der Waals surface area contributed by atoms with E-state index >= 15 is 0 Å². The van der Waals surface area contributed by atoms with Gasteiger partial charge in [-0.2, -0.15) is 9.29 Å². The molecule has 2 aromatic heterocycles. The van der Waals surface area contributed by atoms with Crippen LogP contribution in [0.4, 0.5) is 0 Å². The van der Waals surface area contributed by atoms with Gasteiger partial charge in [-0.05, 0) is 50.1 Å². The van der Waals surface area contributed by atoms with Crippen molar-refractivity contribution < 1.29 is 17.4 Å². The summed E-state index contributed by atoms with van der Waals surface area (Å²) < 4.78 is 39.8. The van der Waals surface area contributed by atoms with Crippen molar-refractivity contribution >= 4 is 21.1 Å². The molecule has 0 spiro atoms. The maximum absolute atomic E-state index is 13.1. The van der Waals surface area contributed by atoms with Crippen molar-refractivity contribution in [3.8, 4) is 11.4 Å². The summed E-state index contributed by atoms with van der Waals surface area (Å²) >= 11 is 0. The molecule has 3 heterocycles. The molecular formula is C22H22N4O5S. The Balaban J connectivity index is 1.39. The van der Waals surface area contributed by atoms with Gasteiger partial charge >= 0.3 is 5.76 Å². The number of nitrogens with zero attached hydrogens (tertiary/aromatic N) is 4. The highest BCUT2D eigenvalue weighted by atomic mass is 32.2. The molecule has 1 fully saturated rings. The van der Waals surface area contributed by atoms with Crippen LogP contribution >= 0.6 is 0 Å². The minimum atomic E-state index is -3.59. The van der Waals surface area contributed by atoms with Crippen molar-refractivity contribution in [2.24, 2.45) is 7.05 Å². The number of oxazole rings is 1. The highest BCUT2D eigenvalue weighted by Gasteiger charge is 2.33. The molecule has 0 bridgehead atoms. The summed E-state index contributed by atoms with van der Waals surface area (Å²) in [5.41, 5.74) is 2.77. The minimum Gasteiger partial charge on any atom is -0.408 e. The molecule has 32 heavy (non-hydrogen) atoms. The minimum absolute atomic E-state index is 0.191. The lowest BCUT2D eigenvalue weighted by atomic mass is 10.00. The molecule has 1 saturated heterocycles. The summed E-state index contributed by atoms with van der Waals surface area (Å²) in [4.78, 5) is 16.5. The van der Waals surface area contributed by atoms with E-state index in [0.29, 0.717) is 41.3 Å². The number of aromatic nitrogens is 3. The number of hydrogen-bond donors (Lipinski definition) is 0. The van der Waals surface area contributed by atoms with Crippen LogP contribution < -0.4 is 5.76 Å². The predicted molar refractivity (Wildman–Crippen MR) is 117 cm³/mol. The van der Waals surface area contributed by atoms with Crippen LogP contribution in [-0.4, -0.2) is 40.5 Å². The molecule has 0 radical (unpaired) electrons. The quantitative estimate of drug-likeness (QED) is 0.466. The number of hydrogen-bond acceptors (Lipinski definition) is 7. The highest BCUT2D eigenvalue weighted by Crippen LogP contribution is 2.31. The van der Waals surface area contributed by atoms with Gasteiger partial charge < -0.3 is 8.94 Å². The Morgan fingerprint density at radius 3 is 2.69 bits per heavy atom. The third kappa shape index (κ3) is 3.55. The van der Waals surface area contributed by atoms with E-state index in [9.17, 15) is 13.2 Å². The van der Waals surface area contributed by atoms with Gasteiger partial charge in [-0.15, -0.1) is 0 Å². The Labute approximate surface area is 184 Å². The van der Waals surface area contributed by atoms with Crippen molar-refractivity contribution in [3.63, 3.8) is 0 Å². The lowest BCUT2D eigenvalue weighted by Gasteiger charge is -2.30. The van der Waals surface area contributed by atoms with E-state index in [1.54, 1.807) is 49.5 Å². The number of piperidine rings is 1. The first-order chi connectivity index (χ1) is 15.3. The van der Waals surface area contributed by atoms with Gasteiger partial charge in [0.1, 0.15) is 0 Å². The zero-order valence-corrected chi connectivity index (χ0v) is 18.5. The molecule has 0 amide bonds. The molecule has 9 nitrogen and oxygen atoms in total. The molecule has 0 N–H and O–H groups in total. The van der Waals surface area contributed by atoms with E-state index < -0.39 is 15.8 Å². The summed E-state index contributed by atoms with van der Waals surface area (Å²) in [6.45, 7) is 2.66. The maximum atomic E-state index is 13.1. The van der Waals surface area contributed by atoms with E-state index in [1.165, 1.54) is 8.87 Å². The third-order valence-electron chi connectivity index (χ3n) is 5.88. The fraction of sp³-hybridized carbons (Fsp3) is 0.318. The molecule has 1 atom stereocenters. The predicted octanol–water partition coefficient (Wildman–Crippen LogP) is 3.06. The number of fused-ring (bicyclic) bond motifs is 1. The Kier molecular flexibility index (Phi) is 4.98. The van der Waals surface area contributed by atoms with Gasteiger partial charge in [-0.25, -0.2) is 13.2 Å². The summed E-state index contributed by atoms with van der Waals surface area (Å²) in [7, 11) is -1.95. The van der Waals surface area contributed by atoms with Crippen LogP contribution in [0.3, 0.4) is 0 Å². The fourth-order valence-electron chi connectivity index (χ4n) is 4.01. The van der Waals surface area contributed by atoms with Gasteiger partial charge in [0.25, 0.3) is 0 Å². The summed E-state index contributed by atoms with van der Waals surface area (Å²) in [6.07, 6.45) is 1.46. The molecule has 1 aliphatic heterocycles. The van der Waals surface area contributed by atoms with Crippen molar-refractivity contribution in [2.45, 2.75) is 30.6 Å². The van der Waals surface area contributed by atoms with E-state index in [1.807, 2.05) is 6.92 Å². The van der Waals surface area contributed by atoms with Crippen LogP contribution in [0.25, 0.3) is 22.5 Å². The molecule has 0 aliphatic carbocycles.